The second-order valence-corrected chi connectivity index (χ2v) is 5.09. The Labute approximate surface area is 121 Å². The zero-order chi connectivity index (χ0) is 14.1. The summed E-state index contributed by atoms with van der Waals surface area (Å²) < 4.78 is 0. The van der Waals surface area contributed by atoms with Gasteiger partial charge in [0, 0.05) is 17.1 Å². The van der Waals surface area contributed by atoms with Crippen LogP contribution >= 0.6 is 11.6 Å². The predicted octanol–water partition coefficient (Wildman–Crippen LogP) is 4.38. The third kappa shape index (κ3) is 2.28. The van der Waals surface area contributed by atoms with Crippen LogP contribution in [0.2, 0.25) is 5.02 Å². The quantitative estimate of drug-likeness (QED) is 0.720. The molecule has 20 heavy (non-hydrogen) atoms. The molecule has 0 aliphatic rings. The van der Waals surface area contributed by atoms with Gasteiger partial charge in [-0.2, -0.15) is 0 Å². The van der Waals surface area contributed by atoms with E-state index in [-0.39, 0.29) is 5.91 Å². The predicted molar refractivity (Wildman–Crippen MR) is 82.4 cm³/mol. The van der Waals surface area contributed by atoms with E-state index in [9.17, 15) is 4.79 Å². The number of carbonyl (C=O) groups is 1. The Hall–Kier alpha value is -2.26. The van der Waals surface area contributed by atoms with Crippen LogP contribution in [0, 0.1) is 6.92 Å². The van der Waals surface area contributed by atoms with Crippen molar-refractivity contribution >= 4 is 34.1 Å². The molecule has 0 spiro atoms. The maximum atomic E-state index is 12.2. The molecular weight excluding hydrogens is 272 g/mol. The fourth-order valence-corrected chi connectivity index (χ4v) is 2.34. The molecule has 100 valence electrons. The molecule has 2 N–H and O–H groups in total. The zero-order valence-electron chi connectivity index (χ0n) is 10.9. The van der Waals surface area contributed by atoms with Crippen molar-refractivity contribution in [3.8, 4) is 0 Å². The third-order valence-corrected chi connectivity index (χ3v) is 3.54. The van der Waals surface area contributed by atoms with Crippen molar-refractivity contribution in [3.05, 3.63) is 64.8 Å². The summed E-state index contributed by atoms with van der Waals surface area (Å²) in [5.41, 5.74) is 3.31. The fraction of sp³-hybridized carbons (Fsp3) is 0.0625. The largest absolute Gasteiger partial charge is 0.358 e. The Morgan fingerprint density at radius 2 is 1.90 bits per heavy atom. The summed E-state index contributed by atoms with van der Waals surface area (Å²) in [6.07, 6.45) is 1.72. The first-order valence-corrected chi connectivity index (χ1v) is 6.66. The van der Waals surface area contributed by atoms with Crippen molar-refractivity contribution in [1.82, 2.24) is 4.98 Å². The van der Waals surface area contributed by atoms with E-state index in [0.29, 0.717) is 10.6 Å². The van der Waals surface area contributed by atoms with E-state index >= 15 is 0 Å². The second kappa shape index (κ2) is 5.02. The molecule has 0 atom stereocenters. The molecule has 1 heterocycles. The summed E-state index contributed by atoms with van der Waals surface area (Å²) in [7, 11) is 0. The summed E-state index contributed by atoms with van der Waals surface area (Å²) in [5.74, 6) is -0.136. The van der Waals surface area contributed by atoms with Gasteiger partial charge in [0.2, 0.25) is 0 Å². The van der Waals surface area contributed by atoms with Gasteiger partial charge in [0.1, 0.15) is 0 Å². The summed E-state index contributed by atoms with van der Waals surface area (Å²) in [4.78, 5) is 15.3. The average Bonchev–Trinajstić information content (AvgIpc) is 2.82. The van der Waals surface area contributed by atoms with Crippen molar-refractivity contribution in [3.63, 3.8) is 0 Å². The molecular formula is C16H13ClN2O. The lowest BCUT2D eigenvalue weighted by Gasteiger charge is -2.07. The van der Waals surface area contributed by atoms with Gasteiger partial charge in [-0.15, -0.1) is 0 Å². The lowest BCUT2D eigenvalue weighted by Crippen LogP contribution is -2.12. The van der Waals surface area contributed by atoms with Crippen molar-refractivity contribution in [1.29, 1.82) is 0 Å². The first-order chi connectivity index (χ1) is 9.65. The zero-order valence-corrected chi connectivity index (χ0v) is 11.7. The number of benzene rings is 2. The highest BCUT2D eigenvalue weighted by molar-refractivity contribution is 6.36. The number of aromatic nitrogens is 1. The number of aromatic amines is 1. The van der Waals surface area contributed by atoms with Gasteiger partial charge >= 0.3 is 0 Å². The molecule has 0 saturated heterocycles. The maximum absolute atomic E-state index is 12.2. The number of rotatable bonds is 2. The Bertz CT molecular complexity index is 775. The topological polar surface area (TPSA) is 44.9 Å². The minimum atomic E-state index is -0.136. The monoisotopic (exact) mass is 284 g/mol. The van der Waals surface area contributed by atoms with Gasteiger partial charge in [0.25, 0.3) is 5.91 Å². The second-order valence-electron chi connectivity index (χ2n) is 4.68. The van der Waals surface area contributed by atoms with Crippen LogP contribution in [0.1, 0.15) is 15.9 Å². The highest BCUT2D eigenvalue weighted by Crippen LogP contribution is 2.28. The summed E-state index contributed by atoms with van der Waals surface area (Å²) in [5, 5.41) is 4.45. The normalized spacial score (nSPS) is 10.7. The van der Waals surface area contributed by atoms with Crippen LogP contribution < -0.4 is 5.32 Å². The van der Waals surface area contributed by atoms with E-state index in [1.54, 1.807) is 6.20 Å². The van der Waals surface area contributed by atoms with Crippen molar-refractivity contribution in [2.24, 2.45) is 0 Å². The van der Waals surface area contributed by atoms with E-state index in [1.807, 2.05) is 49.4 Å². The van der Waals surface area contributed by atoms with E-state index in [2.05, 4.69) is 10.3 Å². The van der Waals surface area contributed by atoms with Gasteiger partial charge in [0.05, 0.1) is 16.2 Å². The molecule has 1 amide bonds. The Morgan fingerprint density at radius 1 is 1.15 bits per heavy atom. The molecule has 2 aromatic carbocycles. The average molecular weight is 285 g/mol. The van der Waals surface area contributed by atoms with Crippen LogP contribution in [0.5, 0.6) is 0 Å². The van der Waals surface area contributed by atoms with Gasteiger partial charge in [0.15, 0.2) is 0 Å². The van der Waals surface area contributed by atoms with Crippen LogP contribution in [0.3, 0.4) is 0 Å². The van der Waals surface area contributed by atoms with Gasteiger partial charge in [-0.25, -0.2) is 0 Å². The number of para-hydroxylation sites is 1. The summed E-state index contributed by atoms with van der Waals surface area (Å²) in [6.45, 7) is 1.99. The summed E-state index contributed by atoms with van der Waals surface area (Å²) in [6, 6.07) is 13.1. The van der Waals surface area contributed by atoms with Gasteiger partial charge in [-0.1, -0.05) is 41.4 Å². The first kappa shape index (κ1) is 12.8. The van der Waals surface area contributed by atoms with E-state index in [1.165, 1.54) is 0 Å². The Kier molecular flexibility index (Phi) is 3.20. The number of hydrogen-bond donors (Lipinski definition) is 2. The van der Waals surface area contributed by atoms with Gasteiger partial charge in [-0.3, -0.25) is 4.79 Å². The molecule has 1 aromatic heterocycles. The number of carbonyl (C=O) groups excluding carboxylic acids is 1. The number of anilines is 1. The fourth-order valence-electron chi connectivity index (χ4n) is 2.12. The van der Waals surface area contributed by atoms with Crippen molar-refractivity contribution in [2.75, 3.05) is 5.32 Å². The Balaban J connectivity index is 1.93. The van der Waals surface area contributed by atoms with Gasteiger partial charge in [-0.05, 0) is 25.1 Å². The van der Waals surface area contributed by atoms with Crippen LogP contribution in [-0.2, 0) is 0 Å². The van der Waals surface area contributed by atoms with E-state index in [4.69, 9.17) is 11.6 Å². The molecule has 3 aromatic rings. The van der Waals surface area contributed by atoms with Crippen LogP contribution in [-0.4, -0.2) is 10.9 Å². The van der Waals surface area contributed by atoms with E-state index < -0.39 is 0 Å². The van der Waals surface area contributed by atoms with Crippen molar-refractivity contribution < 1.29 is 4.79 Å². The Morgan fingerprint density at radius 3 is 2.65 bits per heavy atom. The molecule has 0 unspecified atom stereocenters. The van der Waals surface area contributed by atoms with Crippen LogP contribution in [0.25, 0.3) is 10.9 Å². The maximum Gasteiger partial charge on any atom is 0.255 e. The number of hydrogen-bond acceptors (Lipinski definition) is 1. The first-order valence-electron chi connectivity index (χ1n) is 6.29. The molecule has 4 heteroatoms. The number of amides is 1. The number of halogens is 1. The minimum absolute atomic E-state index is 0.136. The third-order valence-electron chi connectivity index (χ3n) is 3.23. The SMILES string of the molecule is Cc1ccc(C(=O)Nc2cccc3c(Cl)c[nH]c23)cc1. The molecule has 3 nitrogen and oxygen atoms in total. The standard InChI is InChI=1S/C16H13ClN2O/c1-10-5-7-11(8-6-10)16(20)19-14-4-2-3-12-13(17)9-18-15(12)14/h2-9,18H,1H3,(H,19,20). The van der Waals surface area contributed by atoms with Crippen LogP contribution in [0.15, 0.2) is 48.7 Å². The highest BCUT2D eigenvalue weighted by Gasteiger charge is 2.10. The lowest BCUT2D eigenvalue weighted by atomic mass is 10.1. The molecule has 0 radical (unpaired) electrons. The minimum Gasteiger partial charge on any atom is -0.358 e. The molecule has 0 aliphatic heterocycles. The number of H-pyrrole nitrogens is 1. The van der Waals surface area contributed by atoms with Gasteiger partial charge < -0.3 is 10.3 Å². The lowest BCUT2D eigenvalue weighted by molar-refractivity contribution is 0.102. The molecule has 3 rings (SSSR count). The number of aryl methyl sites for hydroxylation is 1. The molecule has 0 aliphatic carbocycles. The van der Waals surface area contributed by atoms with Crippen LogP contribution in [0.4, 0.5) is 5.69 Å². The number of nitrogens with one attached hydrogen (secondary N) is 2. The van der Waals surface area contributed by atoms with Crippen molar-refractivity contribution in [2.45, 2.75) is 6.92 Å². The summed E-state index contributed by atoms with van der Waals surface area (Å²) >= 11 is 6.07. The smallest absolute Gasteiger partial charge is 0.255 e. The highest BCUT2D eigenvalue weighted by atomic mass is 35.5. The molecule has 0 bridgehead atoms. The molecule has 0 saturated carbocycles. The molecule has 0 fully saturated rings. The number of fused-ring (bicyclic) bond motifs is 1. The van der Waals surface area contributed by atoms with E-state index in [0.717, 1.165) is 22.2 Å².